The van der Waals surface area contributed by atoms with Crippen LogP contribution in [0.5, 0.6) is 0 Å². The molecule has 0 rings (SSSR count). The molecule has 0 radical (unpaired) electrons. The lowest BCUT2D eigenvalue weighted by atomic mass is 10.0. The van der Waals surface area contributed by atoms with Gasteiger partial charge in [-0.25, -0.2) is 0 Å². The monoisotopic (exact) mass is 225 g/mol. The van der Waals surface area contributed by atoms with E-state index in [-0.39, 0.29) is 0 Å². The first kappa shape index (κ1) is 13.9. The Labute approximate surface area is 92.7 Å². The van der Waals surface area contributed by atoms with Crippen LogP contribution in [0.2, 0.25) is 25.7 Å². The van der Waals surface area contributed by atoms with E-state index in [0.717, 1.165) is 6.04 Å². The number of nitrogens with zero attached hydrogens (tertiary/aromatic N) is 1. The fourth-order valence-corrected chi connectivity index (χ4v) is 2.89. The number of rotatable bonds is 4. The number of carbonyl (C=O) groups is 1. The zero-order valence-electron chi connectivity index (χ0n) is 10.2. The van der Waals surface area contributed by atoms with E-state index in [9.17, 15) is 4.79 Å². The molecule has 0 heterocycles. The van der Waals surface area contributed by atoms with Crippen LogP contribution in [0.1, 0.15) is 13.8 Å². The summed E-state index contributed by atoms with van der Waals surface area (Å²) >= 11 is 0. The smallest absolute Gasteiger partial charge is 0.304 e. The molecule has 0 aliphatic heterocycles. The molecule has 0 aromatic rings. The SMILES string of the molecule is C=C(C[Si](C)(C)C)[C@](C)(C#N)OC(C)=O. The Balaban J connectivity index is 4.76. The van der Waals surface area contributed by atoms with Crippen molar-refractivity contribution in [3.63, 3.8) is 0 Å². The summed E-state index contributed by atoms with van der Waals surface area (Å²) in [5.41, 5.74) is -0.481. The average Bonchev–Trinajstić information content (AvgIpc) is 1.99. The Hall–Kier alpha value is -1.08. The molecule has 0 saturated carbocycles. The predicted octanol–water partition coefficient (Wildman–Crippen LogP) is 2.73. The van der Waals surface area contributed by atoms with Crippen LogP contribution in [0.4, 0.5) is 0 Å². The molecule has 0 spiro atoms. The third-order valence-corrected chi connectivity index (χ3v) is 3.47. The van der Waals surface area contributed by atoms with Crippen molar-refractivity contribution in [1.82, 2.24) is 0 Å². The molecular weight excluding hydrogens is 206 g/mol. The minimum Gasteiger partial charge on any atom is -0.440 e. The highest BCUT2D eigenvalue weighted by atomic mass is 28.3. The van der Waals surface area contributed by atoms with Gasteiger partial charge in [0.1, 0.15) is 6.07 Å². The normalized spacial score (nSPS) is 14.9. The Morgan fingerprint density at radius 2 is 2.00 bits per heavy atom. The zero-order valence-corrected chi connectivity index (χ0v) is 11.2. The van der Waals surface area contributed by atoms with E-state index >= 15 is 0 Å². The van der Waals surface area contributed by atoms with Gasteiger partial charge in [-0.2, -0.15) is 5.26 Å². The molecule has 0 aliphatic rings. The number of ether oxygens (including phenoxy) is 1. The van der Waals surface area contributed by atoms with Crippen LogP contribution in [0.15, 0.2) is 12.2 Å². The number of hydrogen-bond donors (Lipinski definition) is 0. The van der Waals surface area contributed by atoms with Gasteiger partial charge in [0.05, 0.1) is 0 Å². The lowest BCUT2D eigenvalue weighted by Crippen LogP contribution is -2.34. The third-order valence-electron chi connectivity index (χ3n) is 1.98. The fourth-order valence-electron chi connectivity index (χ4n) is 1.27. The topological polar surface area (TPSA) is 50.1 Å². The standard InChI is InChI=1S/C11H19NO2Si/c1-9(7-15(4,5)6)11(3,8-12)14-10(2)13/h1,7H2,2-6H3/t11-/m0/s1. The Morgan fingerprint density at radius 1 is 1.53 bits per heavy atom. The van der Waals surface area contributed by atoms with Crippen molar-refractivity contribution in [1.29, 1.82) is 5.26 Å². The first-order valence-corrected chi connectivity index (χ1v) is 8.60. The highest BCUT2D eigenvalue weighted by Crippen LogP contribution is 2.27. The molecule has 4 heteroatoms. The van der Waals surface area contributed by atoms with Gasteiger partial charge in [0.15, 0.2) is 0 Å². The summed E-state index contributed by atoms with van der Waals surface area (Å²) in [7, 11) is -1.34. The van der Waals surface area contributed by atoms with Gasteiger partial charge in [-0.15, -0.1) is 0 Å². The zero-order chi connectivity index (χ0) is 12.3. The maximum atomic E-state index is 10.9. The summed E-state index contributed by atoms with van der Waals surface area (Å²) in [5, 5.41) is 9.03. The lowest BCUT2D eigenvalue weighted by Gasteiger charge is -2.27. The van der Waals surface area contributed by atoms with Crippen LogP contribution >= 0.6 is 0 Å². The van der Waals surface area contributed by atoms with Crippen molar-refractivity contribution in [2.24, 2.45) is 0 Å². The lowest BCUT2D eigenvalue weighted by molar-refractivity contribution is -0.147. The first-order chi connectivity index (χ1) is 6.60. The largest absolute Gasteiger partial charge is 0.440 e. The molecule has 0 bridgehead atoms. The van der Waals surface area contributed by atoms with Gasteiger partial charge in [-0.05, 0) is 18.5 Å². The quantitative estimate of drug-likeness (QED) is 0.420. The van der Waals surface area contributed by atoms with Crippen molar-refractivity contribution in [3.8, 4) is 6.07 Å². The van der Waals surface area contributed by atoms with Gasteiger partial charge >= 0.3 is 5.97 Å². The number of nitriles is 1. The summed E-state index contributed by atoms with van der Waals surface area (Å²) < 4.78 is 5.02. The second-order valence-electron chi connectivity index (χ2n) is 5.08. The number of hydrogen-bond acceptors (Lipinski definition) is 3. The van der Waals surface area contributed by atoms with E-state index in [1.54, 1.807) is 6.92 Å². The van der Waals surface area contributed by atoms with Crippen molar-refractivity contribution in [2.45, 2.75) is 45.1 Å². The molecule has 0 N–H and O–H groups in total. The average molecular weight is 225 g/mol. The van der Waals surface area contributed by atoms with Crippen LogP contribution < -0.4 is 0 Å². The van der Waals surface area contributed by atoms with Gasteiger partial charge in [-0.3, -0.25) is 4.79 Å². The van der Waals surface area contributed by atoms with Crippen molar-refractivity contribution >= 4 is 14.0 Å². The van der Waals surface area contributed by atoms with Gasteiger partial charge in [0.2, 0.25) is 5.60 Å². The van der Waals surface area contributed by atoms with Crippen LogP contribution in [0.25, 0.3) is 0 Å². The van der Waals surface area contributed by atoms with Crippen LogP contribution in [-0.2, 0) is 9.53 Å². The van der Waals surface area contributed by atoms with E-state index in [1.807, 2.05) is 6.07 Å². The highest BCUT2D eigenvalue weighted by molar-refractivity contribution is 6.76. The molecule has 0 aliphatic carbocycles. The van der Waals surface area contributed by atoms with Gasteiger partial charge < -0.3 is 4.74 Å². The van der Waals surface area contributed by atoms with Crippen LogP contribution in [0.3, 0.4) is 0 Å². The van der Waals surface area contributed by atoms with Gasteiger partial charge in [-0.1, -0.05) is 26.2 Å². The molecule has 0 fully saturated rings. The van der Waals surface area contributed by atoms with Crippen LogP contribution in [-0.4, -0.2) is 19.6 Å². The summed E-state index contributed by atoms with van der Waals surface area (Å²) in [4.78, 5) is 10.9. The maximum Gasteiger partial charge on any atom is 0.304 e. The van der Waals surface area contributed by atoms with E-state index in [1.165, 1.54) is 6.92 Å². The Kier molecular flexibility index (Phi) is 4.29. The predicted molar refractivity (Wildman–Crippen MR) is 63.1 cm³/mol. The third kappa shape index (κ3) is 4.80. The fraction of sp³-hybridized carbons (Fsp3) is 0.636. The molecular formula is C11H19NO2Si. The van der Waals surface area contributed by atoms with Crippen molar-refractivity contribution in [3.05, 3.63) is 12.2 Å². The summed E-state index contributed by atoms with van der Waals surface area (Å²) in [6, 6.07) is 2.79. The summed E-state index contributed by atoms with van der Waals surface area (Å²) in [5.74, 6) is -0.448. The number of carbonyl (C=O) groups excluding carboxylic acids is 1. The van der Waals surface area contributed by atoms with Gasteiger partial charge in [0, 0.05) is 15.0 Å². The summed E-state index contributed by atoms with van der Waals surface area (Å²) in [6.45, 7) is 13.3. The molecule has 15 heavy (non-hydrogen) atoms. The van der Waals surface area contributed by atoms with Gasteiger partial charge in [0.25, 0.3) is 0 Å². The Bertz CT molecular complexity index is 312. The summed E-state index contributed by atoms with van der Waals surface area (Å²) in [6.07, 6.45) is 0. The highest BCUT2D eigenvalue weighted by Gasteiger charge is 2.33. The molecule has 1 atom stereocenters. The van der Waals surface area contributed by atoms with E-state index in [2.05, 4.69) is 26.2 Å². The molecule has 0 amide bonds. The molecule has 3 nitrogen and oxygen atoms in total. The Morgan fingerprint density at radius 3 is 2.27 bits per heavy atom. The van der Waals surface area contributed by atoms with E-state index < -0.39 is 19.6 Å². The van der Waals surface area contributed by atoms with Crippen LogP contribution in [0, 0.1) is 11.3 Å². The van der Waals surface area contributed by atoms with E-state index in [4.69, 9.17) is 10.00 Å². The minimum absolute atomic E-state index is 0.448. The molecule has 0 aromatic heterocycles. The van der Waals surface area contributed by atoms with Crippen molar-refractivity contribution in [2.75, 3.05) is 0 Å². The first-order valence-electron chi connectivity index (χ1n) is 4.90. The second kappa shape index (κ2) is 4.62. The minimum atomic E-state index is -1.34. The van der Waals surface area contributed by atoms with E-state index in [0.29, 0.717) is 5.57 Å². The molecule has 0 saturated heterocycles. The molecule has 84 valence electrons. The second-order valence-corrected chi connectivity index (χ2v) is 10.6. The molecule has 0 unspecified atom stereocenters. The number of esters is 1. The maximum absolute atomic E-state index is 10.9. The van der Waals surface area contributed by atoms with Crippen molar-refractivity contribution < 1.29 is 9.53 Å². The molecule has 0 aromatic carbocycles.